The summed E-state index contributed by atoms with van der Waals surface area (Å²) in [5.41, 5.74) is 1.12. The SMILES string of the molecule is N#Cc1cnc2c(c1)N=CCO2. The van der Waals surface area contributed by atoms with Crippen molar-refractivity contribution in [3.63, 3.8) is 0 Å². The van der Waals surface area contributed by atoms with Crippen LogP contribution in [0.15, 0.2) is 17.3 Å². The average Bonchev–Trinajstić information content (AvgIpc) is 2.17. The van der Waals surface area contributed by atoms with Gasteiger partial charge in [0.2, 0.25) is 5.88 Å². The first-order valence-corrected chi connectivity index (χ1v) is 3.45. The zero-order chi connectivity index (χ0) is 8.39. The minimum Gasteiger partial charge on any atom is -0.470 e. The van der Waals surface area contributed by atoms with Crippen LogP contribution in [-0.2, 0) is 0 Å². The highest BCUT2D eigenvalue weighted by molar-refractivity contribution is 5.70. The normalized spacial score (nSPS) is 12.9. The van der Waals surface area contributed by atoms with Gasteiger partial charge in [-0.2, -0.15) is 5.26 Å². The van der Waals surface area contributed by atoms with Crippen LogP contribution in [0.5, 0.6) is 5.88 Å². The summed E-state index contributed by atoms with van der Waals surface area (Å²) in [7, 11) is 0. The van der Waals surface area contributed by atoms with Crippen LogP contribution in [0.1, 0.15) is 5.56 Å². The standard InChI is InChI=1S/C8H5N3O/c9-4-6-3-7-8(11-5-6)12-2-1-10-7/h1,3,5H,2H2. The fraction of sp³-hybridized carbons (Fsp3) is 0.125. The van der Waals surface area contributed by atoms with Gasteiger partial charge in [0.15, 0.2) is 0 Å². The van der Waals surface area contributed by atoms with Gasteiger partial charge in [-0.3, -0.25) is 4.99 Å². The molecule has 0 radical (unpaired) electrons. The Balaban J connectivity index is 2.53. The van der Waals surface area contributed by atoms with Crippen molar-refractivity contribution >= 4 is 11.9 Å². The van der Waals surface area contributed by atoms with E-state index in [1.165, 1.54) is 6.20 Å². The molecule has 1 aromatic rings. The monoisotopic (exact) mass is 159 g/mol. The molecule has 0 aromatic carbocycles. The van der Waals surface area contributed by atoms with Crippen molar-refractivity contribution in [3.05, 3.63) is 17.8 Å². The Morgan fingerprint density at radius 3 is 3.33 bits per heavy atom. The Morgan fingerprint density at radius 1 is 1.58 bits per heavy atom. The van der Waals surface area contributed by atoms with Crippen molar-refractivity contribution in [1.29, 1.82) is 5.26 Å². The summed E-state index contributed by atoms with van der Waals surface area (Å²) in [6.45, 7) is 0.450. The minimum absolute atomic E-state index is 0.450. The molecular formula is C8H5N3O. The van der Waals surface area contributed by atoms with Gasteiger partial charge in [0.1, 0.15) is 18.4 Å². The minimum atomic E-state index is 0.450. The molecule has 2 heterocycles. The molecule has 0 atom stereocenters. The second kappa shape index (κ2) is 2.62. The molecule has 0 saturated carbocycles. The molecule has 0 amide bonds. The van der Waals surface area contributed by atoms with E-state index in [4.69, 9.17) is 10.00 Å². The number of fused-ring (bicyclic) bond motifs is 1. The summed E-state index contributed by atoms with van der Waals surface area (Å²) in [5.74, 6) is 0.497. The molecule has 12 heavy (non-hydrogen) atoms. The van der Waals surface area contributed by atoms with E-state index >= 15 is 0 Å². The van der Waals surface area contributed by atoms with Crippen molar-refractivity contribution in [2.45, 2.75) is 0 Å². The summed E-state index contributed by atoms with van der Waals surface area (Å²) in [5, 5.41) is 8.56. The van der Waals surface area contributed by atoms with Gasteiger partial charge >= 0.3 is 0 Å². The maximum atomic E-state index is 8.56. The molecule has 0 N–H and O–H groups in total. The van der Waals surface area contributed by atoms with E-state index in [-0.39, 0.29) is 0 Å². The number of aliphatic imine (C=N–C) groups is 1. The first-order chi connectivity index (χ1) is 5.90. The molecule has 0 aliphatic carbocycles. The molecule has 4 heteroatoms. The van der Waals surface area contributed by atoms with Gasteiger partial charge in [-0.25, -0.2) is 4.98 Å². The Kier molecular flexibility index (Phi) is 1.49. The molecule has 0 unspecified atom stereocenters. The number of hydrogen-bond donors (Lipinski definition) is 0. The highest BCUT2D eigenvalue weighted by Gasteiger charge is 2.08. The number of nitriles is 1. The van der Waals surface area contributed by atoms with Crippen LogP contribution in [0.4, 0.5) is 5.69 Å². The van der Waals surface area contributed by atoms with E-state index in [1.807, 2.05) is 6.07 Å². The van der Waals surface area contributed by atoms with Crippen LogP contribution in [0.3, 0.4) is 0 Å². The quantitative estimate of drug-likeness (QED) is 0.568. The largest absolute Gasteiger partial charge is 0.470 e. The van der Waals surface area contributed by atoms with Crippen molar-refractivity contribution in [2.24, 2.45) is 4.99 Å². The Hall–Kier alpha value is -1.89. The maximum Gasteiger partial charge on any atom is 0.240 e. The van der Waals surface area contributed by atoms with E-state index in [9.17, 15) is 0 Å². The lowest BCUT2D eigenvalue weighted by molar-refractivity contribution is 0.361. The molecule has 1 aliphatic heterocycles. The van der Waals surface area contributed by atoms with Crippen molar-refractivity contribution < 1.29 is 4.74 Å². The molecular weight excluding hydrogens is 154 g/mol. The predicted molar refractivity (Wildman–Crippen MR) is 42.6 cm³/mol. The molecule has 0 spiro atoms. The fourth-order valence-electron chi connectivity index (χ4n) is 0.957. The lowest BCUT2D eigenvalue weighted by Gasteiger charge is -2.08. The topological polar surface area (TPSA) is 58.3 Å². The van der Waals surface area contributed by atoms with Crippen LogP contribution < -0.4 is 4.74 Å². The molecule has 0 bridgehead atoms. The van der Waals surface area contributed by atoms with Crippen LogP contribution >= 0.6 is 0 Å². The number of hydrogen-bond acceptors (Lipinski definition) is 4. The smallest absolute Gasteiger partial charge is 0.240 e. The van der Waals surface area contributed by atoms with Gasteiger partial charge in [0, 0.05) is 12.4 Å². The summed E-state index contributed by atoms with van der Waals surface area (Å²) in [6, 6.07) is 3.64. The molecule has 58 valence electrons. The first-order valence-electron chi connectivity index (χ1n) is 3.45. The Morgan fingerprint density at radius 2 is 2.50 bits per heavy atom. The number of rotatable bonds is 0. The summed E-state index contributed by atoms with van der Waals surface area (Å²) in [4.78, 5) is 7.97. The van der Waals surface area contributed by atoms with Crippen molar-refractivity contribution in [3.8, 4) is 11.9 Å². The van der Waals surface area contributed by atoms with E-state index < -0.39 is 0 Å². The second-order valence-corrected chi connectivity index (χ2v) is 2.28. The van der Waals surface area contributed by atoms with Crippen molar-refractivity contribution in [2.75, 3.05) is 6.61 Å². The molecule has 0 fully saturated rings. The van der Waals surface area contributed by atoms with E-state index in [1.54, 1.807) is 12.3 Å². The summed E-state index contributed by atoms with van der Waals surface area (Å²) < 4.78 is 5.15. The van der Waals surface area contributed by atoms with Gasteiger partial charge in [0.25, 0.3) is 0 Å². The van der Waals surface area contributed by atoms with E-state index in [2.05, 4.69) is 9.98 Å². The number of nitrogens with zero attached hydrogens (tertiary/aromatic N) is 3. The predicted octanol–water partition coefficient (Wildman–Crippen LogP) is 1.05. The highest BCUT2D eigenvalue weighted by atomic mass is 16.5. The van der Waals surface area contributed by atoms with Gasteiger partial charge in [-0.15, -0.1) is 0 Å². The van der Waals surface area contributed by atoms with Gasteiger partial charge in [-0.1, -0.05) is 0 Å². The molecule has 4 nitrogen and oxygen atoms in total. The van der Waals surface area contributed by atoms with E-state index in [0.717, 1.165) is 0 Å². The third kappa shape index (κ3) is 1.01. The first kappa shape index (κ1) is 6.80. The second-order valence-electron chi connectivity index (χ2n) is 2.28. The Bertz CT molecular complexity index is 378. The molecule has 0 saturated heterocycles. The van der Waals surface area contributed by atoms with E-state index in [0.29, 0.717) is 23.7 Å². The third-order valence-corrected chi connectivity index (χ3v) is 1.49. The van der Waals surface area contributed by atoms with Gasteiger partial charge in [-0.05, 0) is 6.07 Å². The zero-order valence-electron chi connectivity index (χ0n) is 6.19. The lowest BCUT2D eigenvalue weighted by Crippen LogP contribution is -2.04. The lowest BCUT2D eigenvalue weighted by atomic mass is 10.3. The fourth-order valence-corrected chi connectivity index (χ4v) is 0.957. The number of aromatic nitrogens is 1. The molecule has 1 aromatic heterocycles. The zero-order valence-corrected chi connectivity index (χ0v) is 6.19. The maximum absolute atomic E-state index is 8.56. The molecule has 1 aliphatic rings. The molecule has 2 rings (SSSR count). The van der Waals surface area contributed by atoms with Gasteiger partial charge in [0.05, 0.1) is 5.56 Å². The Labute approximate surface area is 69.1 Å². The third-order valence-electron chi connectivity index (χ3n) is 1.49. The van der Waals surface area contributed by atoms with Crippen LogP contribution in [0, 0.1) is 11.3 Å². The highest BCUT2D eigenvalue weighted by Crippen LogP contribution is 2.26. The van der Waals surface area contributed by atoms with Crippen LogP contribution in [0.25, 0.3) is 0 Å². The summed E-state index contributed by atoms with van der Waals surface area (Å²) >= 11 is 0. The van der Waals surface area contributed by atoms with Crippen LogP contribution in [-0.4, -0.2) is 17.8 Å². The number of pyridine rings is 1. The number of ether oxygens (including phenoxy) is 1. The summed E-state index contributed by atoms with van der Waals surface area (Å²) in [6.07, 6.45) is 3.12. The van der Waals surface area contributed by atoms with Crippen LogP contribution in [0.2, 0.25) is 0 Å². The van der Waals surface area contributed by atoms with Crippen molar-refractivity contribution in [1.82, 2.24) is 4.98 Å². The average molecular weight is 159 g/mol. The van der Waals surface area contributed by atoms with Gasteiger partial charge < -0.3 is 4.74 Å².